The number of carbonyl (C=O) groups excluding carboxylic acids is 1. The number of methoxy groups -OCH3 is 1. The maximum atomic E-state index is 12.3. The fraction of sp³-hybridized carbons (Fsp3) is 0.333. The highest BCUT2D eigenvalue weighted by Gasteiger charge is 2.17. The monoisotopic (exact) mass is 312 g/mol. The van der Waals surface area contributed by atoms with E-state index in [-0.39, 0.29) is 17.8 Å². The molecule has 3 rings (SSSR count). The lowest BCUT2D eigenvalue weighted by atomic mass is 10.1. The van der Waals surface area contributed by atoms with E-state index in [0.717, 1.165) is 41.8 Å². The van der Waals surface area contributed by atoms with E-state index in [1.54, 1.807) is 13.3 Å². The standard InChI is InChI=1S/C18H20N2O3/c1-23-14-7-5-12(6-8-14)10-20-17(21)9-13-11-19-16-4-2-3-15(16)18(13)22/h5-8,11H,2-4,9-10H2,1H3,(H,19,22)(H,20,21). The molecule has 23 heavy (non-hydrogen) atoms. The van der Waals surface area contributed by atoms with Crippen LogP contribution < -0.4 is 15.5 Å². The molecule has 5 nitrogen and oxygen atoms in total. The van der Waals surface area contributed by atoms with E-state index in [1.165, 1.54) is 0 Å². The van der Waals surface area contributed by atoms with Gasteiger partial charge >= 0.3 is 0 Å². The van der Waals surface area contributed by atoms with Crippen LogP contribution in [0.4, 0.5) is 0 Å². The second-order valence-electron chi connectivity index (χ2n) is 5.76. The molecule has 0 fully saturated rings. The number of carbonyl (C=O) groups is 1. The van der Waals surface area contributed by atoms with Crippen LogP contribution in [-0.4, -0.2) is 18.0 Å². The molecule has 0 saturated heterocycles. The quantitative estimate of drug-likeness (QED) is 0.883. The van der Waals surface area contributed by atoms with Crippen LogP contribution in [0.25, 0.3) is 0 Å². The van der Waals surface area contributed by atoms with Crippen LogP contribution in [-0.2, 0) is 30.6 Å². The molecular formula is C18H20N2O3. The number of ether oxygens (including phenoxy) is 1. The SMILES string of the molecule is COc1ccc(CNC(=O)Cc2c[nH]c3c(c2=O)CCC3)cc1. The molecule has 0 unspecified atom stereocenters. The summed E-state index contributed by atoms with van der Waals surface area (Å²) in [6, 6.07) is 7.52. The van der Waals surface area contributed by atoms with Gasteiger partial charge in [0, 0.05) is 29.6 Å². The Hall–Kier alpha value is -2.56. The number of benzene rings is 1. The topological polar surface area (TPSA) is 71.2 Å². The van der Waals surface area contributed by atoms with E-state index in [1.807, 2.05) is 24.3 Å². The molecule has 1 aliphatic carbocycles. The molecule has 1 aromatic heterocycles. The number of H-pyrrole nitrogens is 1. The summed E-state index contributed by atoms with van der Waals surface area (Å²) in [5.41, 5.74) is 3.43. The first kappa shape index (κ1) is 15.3. The molecule has 1 aromatic carbocycles. The summed E-state index contributed by atoms with van der Waals surface area (Å²) in [4.78, 5) is 27.6. The molecular weight excluding hydrogens is 292 g/mol. The molecule has 0 saturated carbocycles. The first-order valence-electron chi connectivity index (χ1n) is 7.79. The Bertz CT molecular complexity index is 763. The number of hydrogen-bond acceptors (Lipinski definition) is 3. The number of aromatic nitrogens is 1. The zero-order chi connectivity index (χ0) is 16.2. The van der Waals surface area contributed by atoms with Crippen LogP contribution in [0.3, 0.4) is 0 Å². The third-order valence-electron chi connectivity index (χ3n) is 4.20. The van der Waals surface area contributed by atoms with Gasteiger partial charge in [-0.1, -0.05) is 12.1 Å². The first-order chi connectivity index (χ1) is 11.2. The van der Waals surface area contributed by atoms with Crippen molar-refractivity contribution in [3.05, 3.63) is 63.1 Å². The van der Waals surface area contributed by atoms with Gasteiger partial charge in [0.05, 0.1) is 13.5 Å². The van der Waals surface area contributed by atoms with Gasteiger partial charge in [-0.15, -0.1) is 0 Å². The van der Waals surface area contributed by atoms with Gasteiger partial charge < -0.3 is 15.0 Å². The van der Waals surface area contributed by atoms with Crippen molar-refractivity contribution in [3.63, 3.8) is 0 Å². The van der Waals surface area contributed by atoms with Crippen LogP contribution in [0.2, 0.25) is 0 Å². The summed E-state index contributed by atoms with van der Waals surface area (Å²) in [5.74, 6) is 0.633. The second-order valence-corrected chi connectivity index (χ2v) is 5.76. The maximum Gasteiger partial charge on any atom is 0.224 e. The molecule has 1 aliphatic rings. The number of aromatic amines is 1. The van der Waals surface area contributed by atoms with Gasteiger partial charge in [-0.25, -0.2) is 0 Å². The molecule has 0 radical (unpaired) electrons. The Kier molecular flexibility index (Phi) is 4.46. The minimum absolute atomic E-state index is 0.0239. The van der Waals surface area contributed by atoms with Crippen molar-refractivity contribution in [3.8, 4) is 5.75 Å². The van der Waals surface area contributed by atoms with Gasteiger partial charge in [0.15, 0.2) is 5.43 Å². The summed E-state index contributed by atoms with van der Waals surface area (Å²) in [5, 5.41) is 2.85. The van der Waals surface area contributed by atoms with E-state index >= 15 is 0 Å². The highest BCUT2D eigenvalue weighted by atomic mass is 16.5. The zero-order valence-electron chi connectivity index (χ0n) is 13.1. The number of nitrogens with one attached hydrogen (secondary N) is 2. The third kappa shape index (κ3) is 3.44. The van der Waals surface area contributed by atoms with Gasteiger partial charge in [-0.05, 0) is 37.0 Å². The largest absolute Gasteiger partial charge is 0.497 e. The van der Waals surface area contributed by atoms with E-state index in [9.17, 15) is 9.59 Å². The van der Waals surface area contributed by atoms with E-state index in [2.05, 4.69) is 10.3 Å². The molecule has 1 heterocycles. The van der Waals surface area contributed by atoms with Crippen molar-refractivity contribution in [2.24, 2.45) is 0 Å². The number of pyridine rings is 1. The van der Waals surface area contributed by atoms with Gasteiger partial charge in [-0.2, -0.15) is 0 Å². The molecule has 0 atom stereocenters. The van der Waals surface area contributed by atoms with Crippen molar-refractivity contribution in [1.29, 1.82) is 0 Å². The van der Waals surface area contributed by atoms with Crippen molar-refractivity contribution < 1.29 is 9.53 Å². The Morgan fingerprint density at radius 2 is 2.04 bits per heavy atom. The van der Waals surface area contributed by atoms with Gasteiger partial charge in [0.2, 0.25) is 5.91 Å². The smallest absolute Gasteiger partial charge is 0.224 e. The van der Waals surface area contributed by atoms with E-state index in [0.29, 0.717) is 12.1 Å². The normalized spacial score (nSPS) is 12.7. The fourth-order valence-corrected chi connectivity index (χ4v) is 2.90. The molecule has 0 aliphatic heterocycles. The number of amides is 1. The Morgan fingerprint density at radius 3 is 2.78 bits per heavy atom. The van der Waals surface area contributed by atoms with Crippen LogP contribution in [0.5, 0.6) is 5.75 Å². The number of aryl methyl sites for hydroxylation is 1. The minimum atomic E-state index is -0.149. The van der Waals surface area contributed by atoms with E-state index in [4.69, 9.17) is 4.74 Å². The lowest BCUT2D eigenvalue weighted by Crippen LogP contribution is -2.27. The summed E-state index contributed by atoms with van der Waals surface area (Å²) < 4.78 is 5.10. The molecule has 0 spiro atoms. The molecule has 1 amide bonds. The Morgan fingerprint density at radius 1 is 1.26 bits per heavy atom. The number of hydrogen-bond donors (Lipinski definition) is 2. The highest BCUT2D eigenvalue weighted by Crippen LogP contribution is 2.16. The average molecular weight is 312 g/mol. The predicted octanol–water partition coefficient (Wildman–Crippen LogP) is 1.73. The van der Waals surface area contributed by atoms with Crippen molar-refractivity contribution in [1.82, 2.24) is 10.3 Å². The third-order valence-corrected chi connectivity index (χ3v) is 4.20. The van der Waals surface area contributed by atoms with Crippen LogP contribution in [0.15, 0.2) is 35.3 Å². The first-order valence-corrected chi connectivity index (χ1v) is 7.79. The average Bonchev–Trinajstić information content (AvgIpc) is 3.05. The number of rotatable bonds is 5. The highest BCUT2D eigenvalue weighted by molar-refractivity contribution is 5.78. The van der Waals surface area contributed by atoms with Gasteiger partial charge in [0.25, 0.3) is 0 Å². The molecule has 0 bridgehead atoms. The van der Waals surface area contributed by atoms with Gasteiger partial charge in [0.1, 0.15) is 5.75 Å². The van der Waals surface area contributed by atoms with E-state index < -0.39 is 0 Å². The second kappa shape index (κ2) is 6.69. The van der Waals surface area contributed by atoms with Crippen LogP contribution in [0, 0.1) is 0 Å². The Balaban J connectivity index is 1.60. The predicted molar refractivity (Wildman–Crippen MR) is 87.6 cm³/mol. The molecule has 2 N–H and O–H groups in total. The Labute approximate surface area is 134 Å². The summed E-state index contributed by atoms with van der Waals surface area (Å²) in [6.45, 7) is 0.436. The minimum Gasteiger partial charge on any atom is -0.497 e. The zero-order valence-corrected chi connectivity index (χ0v) is 13.1. The fourth-order valence-electron chi connectivity index (χ4n) is 2.90. The maximum absolute atomic E-state index is 12.3. The van der Waals surface area contributed by atoms with Crippen molar-refractivity contribution in [2.45, 2.75) is 32.2 Å². The van der Waals surface area contributed by atoms with Gasteiger partial charge in [-0.3, -0.25) is 9.59 Å². The van der Waals surface area contributed by atoms with Crippen LogP contribution in [0.1, 0.15) is 28.8 Å². The molecule has 120 valence electrons. The summed E-state index contributed by atoms with van der Waals surface area (Å²) >= 11 is 0. The number of fused-ring (bicyclic) bond motifs is 1. The molecule has 5 heteroatoms. The van der Waals surface area contributed by atoms with Crippen molar-refractivity contribution in [2.75, 3.05) is 7.11 Å². The summed E-state index contributed by atoms with van der Waals surface area (Å²) in [6.07, 6.45) is 4.53. The van der Waals surface area contributed by atoms with Crippen LogP contribution >= 0.6 is 0 Å². The lowest BCUT2D eigenvalue weighted by molar-refractivity contribution is -0.120. The molecule has 2 aromatic rings. The van der Waals surface area contributed by atoms with Crippen molar-refractivity contribution >= 4 is 5.91 Å². The summed E-state index contributed by atoms with van der Waals surface area (Å²) in [7, 11) is 1.62. The lowest BCUT2D eigenvalue weighted by Gasteiger charge is -2.07.